The minimum Gasteiger partial charge on any atom is -0.481 e. The van der Waals surface area contributed by atoms with Gasteiger partial charge < -0.3 is 20.8 Å². The number of rotatable bonds is 36. The van der Waals surface area contributed by atoms with Crippen molar-refractivity contribution < 1.29 is 29.4 Å². The highest BCUT2D eigenvalue weighted by atomic mass is 16.4. The standard InChI is InChI=1S/C37H70N2O6/c40-34(29-25-21-17-13-9-5-1-3-7-11-15-19-23-27-31-36(42)43)38-33-39-35(41)30-26-22-18-14-10-6-2-4-8-12-16-20-24-28-32-37(44)45/h1-33H2,(H,38,40)(H,39,41)(H,42,43)(H,44,45). The van der Waals surface area contributed by atoms with Crippen LogP contribution in [0.15, 0.2) is 0 Å². The molecular weight excluding hydrogens is 568 g/mol. The summed E-state index contributed by atoms with van der Waals surface area (Å²) in [6.07, 6.45) is 34.4. The Morgan fingerprint density at radius 1 is 0.289 bits per heavy atom. The van der Waals surface area contributed by atoms with E-state index < -0.39 is 11.9 Å². The number of carbonyl (C=O) groups excluding carboxylic acids is 2. The van der Waals surface area contributed by atoms with Crippen LogP contribution in [-0.4, -0.2) is 40.6 Å². The minimum absolute atomic E-state index is 0.0187. The number of amides is 2. The van der Waals surface area contributed by atoms with Crippen LogP contribution < -0.4 is 10.6 Å². The Morgan fingerprint density at radius 3 is 0.667 bits per heavy atom. The second-order valence-corrected chi connectivity index (χ2v) is 13.1. The summed E-state index contributed by atoms with van der Waals surface area (Å²) in [4.78, 5) is 45.0. The highest BCUT2D eigenvalue weighted by molar-refractivity contribution is 5.78. The number of nitrogens with one attached hydrogen (secondary N) is 2. The largest absolute Gasteiger partial charge is 0.481 e. The zero-order valence-electron chi connectivity index (χ0n) is 28.9. The van der Waals surface area contributed by atoms with Gasteiger partial charge in [-0.1, -0.05) is 154 Å². The fraction of sp³-hybridized carbons (Fsp3) is 0.892. The molecule has 0 aliphatic heterocycles. The Bertz CT molecular complexity index is 657. The molecule has 8 nitrogen and oxygen atoms in total. The molecule has 0 rings (SSSR count). The molecule has 45 heavy (non-hydrogen) atoms. The van der Waals surface area contributed by atoms with E-state index in [1.165, 1.54) is 116 Å². The first kappa shape index (κ1) is 42.9. The van der Waals surface area contributed by atoms with Crippen molar-refractivity contribution in [3.8, 4) is 0 Å². The lowest BCUT2D eigenvalue weighted by molar-refractivity contribution is -0.138. The highest BCUT2D eigenvalue weighted by Gasteiger charge is 2.04. The van der Waals surface area contributed by atoms with Gasteiger partial charge in [-0.15, -0.1) is 0 Å². The predicted molar refractivity (Wildman–Crippen MR) is 184 cm³/mol. The summed E-state index contributed by atoms with van der Waals surface area (Å²) in [6, 6.07) is 0. The van der Waals surface area contributed by atoms with E-state index in [-0.39, 0.29) is 18.5 Å². The number of carboxylic acids is 2. The van der Waals surface area contributed by atoms with Crippen molar-refractivity contribution in [1.82, 2.24) is 10.6 Å². The van der Waals surface area contributed by atoms with Crippen LogP contribution in [0, 0.1) is 0 Å². The van der Waals surface area contributed by atoms with E-state index in [2.05, 4.69) is 10.6 Å². The van der Waals surface area contributed by atoms with Gasteiger partial charge in [0, 0.05) is 25.7 Å². The van der Waals surface area contributed by atoms with Crippen LogP contribution in [-0.2, 0) is 19.2 Å². The van der Waals surface area contributed by atoms with Crippen LogP contribution in [0.4, 0.5) is 0 Å². The van der Waals surface area contributed by atoms with Gasteiger partial charge >= 0.3 is 11.9 Å². The van der Waals surface area contributed by atoms with Gasteiger partial charge in [0.25, 0.3) is 0 Å². The zero-order valence-corrected chi connectivity index (χ0v) is 28.9. The second kappa shape index (κ2) is 34.7. The lowest BCUT2D eigenvalue weighted by Crippen LogP contribution is -2.37. The topological polar surface area (TPSA) is 133 Å². The molecule has 0 heterocycles. The van der Waals surface area contributed by atoms with E-state index in [1.807, 2.05) is 0 Å². The normalized spacial score (nSPS) is 11.0. The zero-order chi connectivity index (χ0) is 33.1. The fourth-order valence-electron chi connectivity index (χ4n) is 5.78. The first-order chi connectivity index (χ1) is 21.9. The SMILES string of the molecule is O=C(O)CCCCCCCCCCCCCCCCC(=O)NCNC(=O)CCCCCCCCCCCCCCCCC(=O)O. The average molecular weight is 639 g/mol. The van der Waals surface area contributed by atoms with Gasteiger partial charge in [0.15, 0.2) is 0 Å². The number of hydrogen-bond donors (Lipinski definition) is 4. The quantitative estimate of drug-likeness (QED) is 0.0399. The molecule has 0 aliphatic carbocycles. The summed E-state index contributed by atoms with van der Waals surface area (Å²) in [5.74, 6) is -1.33. The summed E-state index contributed by atoms with van der Waals surface area (Å²) in [5.41, 5.74) is 0. The summed E-state index contributed by atoms with van der Waals surface area (Å²) in [7, 11) is 0. The van der Waals surface area contributed by atoms with Gasteiger partial charge in [0.05, 0.1) is 6.67 Å². The number of unbranched alkanes of at least 4 members (excludes halogenated alkanes) is 26. The molecule has 264 valence electrons. The van der Waals surface area contributed by atoms with Crippen molar-refractivity contribution in [2.24, 2.45) is 0 Å². The van der Waals surface area contributed by atoms with Gasteiger partial charge in [-0.05, 0) is 25.7 Å². The third-order valence-electron chi connectivity index (χ3n) is 8.66. The first-order valence-corrected chi connectivity index (χ1v) is 18.9. The molecule has 0 unspecified atom stereocenters. The third kappa shape index (κ3) is 38.0. The van der Waals surface area contributed by atoms with Crippen molar-refractivity contribution in [2.45, 2.75) is 205 Å². The first-order valence-electron chi connectivity index (χ1n) is 18.9. The molecule has 0 aromatic heterocycles. The maximum absolute atomic E-state index is 12.0. The Balaban J connectivity index is 3.28. The van der Waals surface area contributed by atoms with Crippen LogP contribution in [0.25, 0.3) is 0 Å². The maximum Gasteiger partial charge on any atom is 0.303 e. The number of carboxylic acid groups (broad SMARTS) is 2. The molecule has 4 N–H and O–H groups in total. The molecule has 2 amide bonds. The van der Waals surface area contributed by atoms with Crippen molar-refractivity contribution >= 4 is 23.8 Å². The molecule has 0 bridgehead atoms. The van der Waals surface area contributed by atoms with Gasteiger partial charge in [-0.25, -0.2) is 0 Å². The Morgan fingerprint density at radius 2 is 0.467 bits per heavy atom. The highest BCUT2D eigenvalue weighted by Crippen LogP contribution is 2.15. The van der Waals surface area contributed by atoms with Gasteiger partial charge in [-0.2, -0.15) is 0 Å². The number of hydrogen-bond acceptors (Lipinski definition) is 4. The smallest absolute Gasteiger partial charge is 0.303 e. The molecule has 0 atom stereocenters. The summed E-state index contributed by atoms with van der Waals surface area (Å²) >= 11 is 0. The van der Waals surface area contributed by atoms with Crippen molar-refractivity contribution in [3.05, 3.63) is 0 Å². The molecule has 0 radical (unpaired) electrons. The average Bonchev–Trinajstić information content (AvgIpc) is 3.00. The Labute approximate surface area is 275 Å². The molecule has 0 aromatic carbocycles. The van der Waals surface area contributed by atoms with Crippen molar-refractivity contribution in [3.63, 3.8) is 0 Å². The van der Waals surface area contributed by atoms with E-state index in [4.69, 9.17) is 10.2 Å². The third-order valence-corrected chi connectivity index (χ3v) is 8.66. The molecule has 0 fully saturated rings. The number of aliphatic carboxylic acids is 2. The summed E-state index contributed by atoms with van der Waals surface area (Å²) in [6.45, 7) is 0.229. The van der Waals surface area contributed by atoms with E-state index in [9.17, 15) is 19.2 Å². The summed E-state index contributed by atoms with van der Waals surface area (Å²) in [5, 5.41) is 22.9. The van der Waals surface area contributed by atoms with Crippen LogP contribution in [0.2, 0.25) is 0 Å². The van der Waals surface area contributed by atoms with Gasteiger partial charge in [0.2, 0.25) is 11.8 Å². The van der Waals surface area contributed by atoms with E-state index in [0.29, 0.717) is 25.7 Å². The lowest BCUT2D eigenvalue weighted by Gasteiger charge is -2.08. The Kier molecular flexibility index (Phi) is 33.1. The molecule has 0 aliphatic rings. The van der Waals surface area contributed by atoms with Crippen LogP contribution in [0.1, 0.15) is 205 Å². The summed E-state index contributed by atoms with van der Waals surface area (Å²) < 4.78 is 0. The minimum atomic E-state index is -0.684. The molecule has 0 saturated carbocycles. The molecule has 0 spiro atoms. The molecule has 0 saturated heterocycles. The van der Waals surface area contributed by atoms with Gasteiger partial charge in [0.1, 0.15) is 0 Å². The molecular formula is C37H70N2O6. The van der Waals surface area contributed by atoms with Crippen LogP contribution in [0.3, 0.4) is 0 Å². The number of carbonyl (C=O) groups is 4. The second-order valence-electron chi connectivity index (χ2n) is 13.1. The fourth-order valence-corrected chi connectivity index (χ4v) is 5.78. The van der Waals surface area contributed by atoms with Crippen molar-refractivity contribution in [2.75, 3.05) is 6.67 Å². The Hall–Kier alpha value is -2.12. The molecule has 0 aromatic rings. The van der Waals surface area contributed by atoms with Crippen LogP contribution in [0.5, 0.6) is 0 Å². The van der Waals surface area contributed by atoms with E-state index >= 15 is 0 Å². The predicted octanol–water partition coefficient (Wildman–Crippen LogP) is 9.83. The van der Waals surface area contributed by atoms with E-state index in [1.54, 1.807) is 0 Å². The molecule has 8 heteroatoms. The van der Waals surface area contributed by atoms with Gasteiger partial charge in [-0.3, -0.25) is 19.2 Å². The maximum atomic E-state index is 12.0. The van der Waals surface area contributed by atoms with Crippen LogP contribution >= 0.6 is 0 Å². The van der Waals surface area contributed by atoms with Crippen molar-refractivity contribution in [1.29, 1.82) is 0 Å². The lowest BCUT2D eigenvalue weighted by atomic mass is 10.0. The van der Waals surface area contributed by atoms with E-state index in [0.717, 1.165) is 64.2 Å². The monoisotopic (exact) mass is 639 g/mol.